The summed E-state index contributed by atoms with van der Waals surface area (Å²) in [6.45, 7) is 4.52. The summed E-state index contributed by atoms with van der Waals surface area (Å²) in [5.41, 5.74) is 1.07. The third-order valence-electron chi connectivity index (χ3n) is 3.74. The molecule has 1 heterocycles. The van der Waals surface area contributed by atoms with E-state index in [1.54, 1.807) is 0 Å². The quantitative estimate of drug-likeness (QED) is 0.889. The zero-order valence-electron chi connectivity index (χ0n) is 11.0. The van der Waals surface area contributed by atoms with E-state index in [9.17, 15) is 9.90 Å². The van der Waals surface area contributed by atoms with Crippen molar-refractivity contribution in [2.45, 2.75) is 44.8 Å². The number of β-amino-alcohol motifs (C(OH)–C–C–N with tert-alkyl or cyclic N) is 1. The number of rotatable bonds is 3. The lowest BCUT2D eigenvalue weighted by Gasteiger charge is -2.26. The van der Waals surface area contributed by atoms with Gasteiger partial charge < -0.3 is 10.0 Å². The van der Waals surface area contributed by atoms with Crippen molar-refractivity contribution in [1.82, 2.24) is 4.90 Å². The number of hydrogen-bond acceptors (Lipinski definition) is 2. The molecule has 1 aliphatic rings. The molecule has 0 aliphatic carbocycles. The fraction of sp³-hybridized carbons (Fsp3) is 0.533. The Hall–Kier alpha value is -1.35. The van der Waals surface area contributed by atoms with Crippen LogP contribution in [0.5, 0.6) is 0 Å². The molecule has 0 saturated carbocycles. The Labute approximate surface area is 108 Å². The summed E-state index contributed by atoms with van der Waals surface area (Å²) in [7, 11) is 0. The average Bonchev–Trinajstić information content (AvgIpc) is 2.70. The fourth-order valence-corrected chi connectivity index (χ4v) is 2.75. The molecule has 1 amide bonds. The molecule has 0 spiro atoms. The maximum atomic E-state index is 12.5. The predicted molar refractivity (Wildman–Crippen MR) is 71.3 cm³/mol. The minimum absolute atomic E-state index is 0.0843. The van der Waals surface area contributed by atoms with E-state index in [2.05, 4.69) is 0 Å². The molecule has 1 aliphatic heterocycles. The number of carbonyl (C=O) groups excluding carboxylic acids is 1. The summed E-state index contributed by atoms with van der Waals surface area (Å²) in [5.74, 6) is 0.0618. The van der Waals surface area contributed by atoms with Crippen LogP contribution in [0, 0.1) is 0 Å². The monoisotopic (exact) mass is 247 g/mol. The van der Waals surface area contributed by atoms with Crippen molar-refractivity contribution in [3.63, 3.8) is 0 Å². The molecule has 3 heteroatoms. The van der Waals surface area contributed by atoms with E-state index in [0.717, 1.165) is 12.0 Å². The van der Waals surface area contributed by atoms with E-state index < -0.39 is 0 Å². The van der Waals surface area contributed by atoms with E-state index in [1.807, 2.05) is 49.1 Å². The fourth-order valence-electron chi connectivity index (χ4n) is 2.75. The van der Waals surface area contributed by atoms with Crippen LogP contribution in [0.2, 0.25) is 0 Å². The number of amides is 1. The molecule has 1 saturated heterocycles. The van der Waals surface area contributed by atoms with Gasteiger partial charge in [0.15, 0.2) is 0 Å². The van der Waals surface area contributed by atoms with Crippen molar-refractivity contribution in [3.8, 4) is 0 Å². The van der Waals surface area contributed by atoms with Gasteiger partial charge in [-0.2, -0.15) is 0 Å². The van der Waals surface area contributed by atoms with Gasteiger partial charge in [-0.1, -0.05) is 37.3 Å². The molecule has 1 N–H and O–H groups in total. The lowest BCUT2D eigenvalue weighted by molar-refractivity contribution is -0.133. The molecule has 1 fully saturated rings. The number of hydrogen-bond donors (Lipinski definition) is 1. The second-order valence-electron chi connectivity index (χ2n) is 5.10. The second-order valence-corrected chi connectivity index (χ2v) is 5.10. The van der Waals surface area contributed by atoms with Gasteiger partial charge in [-0.15, -0.1) is 0 Å². The normalized spacial score (nSPS) is 25.2. The van der Waals surface area contributed by atoms with Gasteiger partial charge in [-0.3, -0.25) is 4.79 Å². The van der Waals surface area contributed by atoms with Crippen LogP contribution in [0.25, 0.3) is 0 Å². The van der Waals surface area contributed by atoms with Gasteiger partial charge in [0.05, 0.1) is 12.0 Å². The number of likely N-dealkylation sites (tertiary alicyclic amines) is 1. The van der Waals surface area contributed by atoms with E-state index in [4.69, 9.17) is 0 Å². The van der Waals surface area contributed by atoms with Gasteiger partial charge >= 0.3 is 0 Å². The standard InChI is InChI=1S/C15H21NO2/c1-3-14(12-7-5-4-6-8-12)15(18)16-10-13(17)9-11(16)2/h4-8,11,13-14,17H,3,9-10H2,1-2H3/t11-,13-,14+/m1/s1. The van der Waals surface area contributed by atoms with Crippen molar-refractivity contribution in [2.24, 2.45) is 0 Å². The van der Waals surface area contributed by atoms with Crippen LogP contribution >= 0.6 is 0 Å². The smallest absolute Gasteiger partial charge is 0.230 e. The minimum Gasteiger partial charge on any atom is -0.391 e. The molecule has 3 atom stereocenters. The summed E-state index contributed by atoms with van der Waals surface area (Å²) < 4.78 is 0. The zero-order chi connectivity index (χ0) is 13.1. The largest absolute Gasteiger partial charge is 0.391 e. The minimum atomic E-state index is -0.364. The van der Waals surface area contributed by atoms with Gasteiger partial charge in [0.1, 0.15) is 0 Å². The number of nitrogens with zero attached hydrogens (tertiary/aromatic N) is 1. The average molecular weight is 247 g/mol. The lowest BCUT2D eigenvalue weighted by Crippen LogP contribution is -2.37. The van der Waals surface area contributed by atoms with Crippen molar-refractivity contribution in [1.29, 1.82) is 0 Å². The van der Waals surface area contributed by atoms with Crippen molar-refractivity contribution >= 4 is 5.91 Å². The SMILES string of the molecule is CC[C@H](C(=O)N1C[C@H](O)C[C@H]1C)c1ccccc1. The van der Waals surface area contributed by atoms with Crippen LogP contribution in [-0.4, -0.2) is 34.6 Å². The molecule has 0 unspecified atom stereocenters. The summed E-state index contributed by atoms with van der Waals surface area (Å²) in [6, 6.07) is 10.0. The summed E-state index contributed by atoms with van der Waals surface area (Å²) in [5, 5.41) is 9.65. The molecule has 0 aromatic heterocycles. The first-order chi connectivity index (χ1) is 8.63. The Morgan fingerprint density at radius 1 is 1.44 bits per heavy atom. The van der Waals surface area contributed by atoms with E-state index in [-0.39, 0.29) is 24.0 Å². The maximum absolute atomic E-state index is 12.5. The first kappa shape index (κ1) is 13.1. The Morgan fingerprint density at radius 2 is 2.11 bits per heavy atom. The van der Waals surface area contributed by atoms with Gasteiger partial charge in [0.25, 0.3) is 0 Å². The molecule has 1 aromatic carbocycles. The summed E-state index contributed by atoms with van der Waals surface area (Å²) in [4.78, 5) is 14.4. The number of aliphatic hydroxyl groups is 1. The summed E-state index contributed by atoms with van der Waals surface area (Å²) >= 11 is 0. The highest BCUT2D eigenvalue weighted by Gasteiger charge is 2.34. The zero-order valence-corrected chi connectivity index (χ0v) is 11.0. The second kappa shape index (κ2) is 5.53. The van der Waals surface area contributed by atoms with Crippen LogP contribution in [0.1, 0.15) is 38.2 Å². The molecule has 0 radical (unpaired) electrons. The van der Waals surface area contributed by atoms with Gasteiger partial charge in [-0.05, 0) is 25.3 Å². The lowest BCUT2D eigenvalue weighted by atomic mass is 9.95. The van der Waals surface area contributed by atoms with Crippen LogP contribution in [0.4, 0.5) is 0 Å². The third-order valence-corrected chi connectivity index (χ3v) is 3.74. The summed E-state index contributed by atoms with van der Waals surface area (Å²) in [6.07, 6.45) is 1.12. The molecule has 1 aromatic rings. The Balaban J connectivity index is 2.16. The van der Waals surface area contributed by atoms with Crippen LogP contribution in [0.15, 0.2) is 30.3 Å². The topological polar surface area (TPSA) is 40.5 Å². The van der Waals surface area contributed by atoms with Crippen LogP contribution < -0.4 is 0 Å². The molecule has 0 bridgehead atoms. The first-order valence-corrected chi connectivity index (χ1v) is 6.67. The molecule has 98 valence electrons. The molecular formula is C15H21NO2. The number of aliphatic hydroxyl groups excluding tert-OH is 1. The maximum Gasteiger partial charge on any atom is 0.230 e. The van der Waals surface area contributed by atoms with Crippen molar-refractivity contribution in [2.75, 3.05) is 6.54 Å². The van der Waals surface area contributed by atoms with Crippen molar-refractivity contribution in [3.05, 3.63) is 35.9 Å². The molecule has 18 heavy (non-hydrogen) atoms. The Kier molecular flexibility index (Phi) is 4.02. The molecule has 2 rings (SSSR count). The predicted octanol–water partition coefficient (Wildman–Crippen LogP) is 2.16. The third kappa shape index (κ3) is 2.56. The van der Waals surface area contributed by atoms with E-state index in [1.165, 1.54) is 0 Å². The van der Waals surface area contributed by atoms with Crippen LogP contribution in [-0.2, 0) is 4.79 Å². The molecule has 3 nitrogen and oxygen atoms in total. The number of carbonyl (C=O) groups is 1. The van der Waals surface area contributed by atoms with Gasteiger partial charge in [0, 0.05) is 12.6 Å². The first-order valence-electron chi connectivity index (χ1n) is 6.67. The highest BCUT2D eigenvalue weighted by molar-refractivity contribution is 5.84. The van der Waals surface area contributed by atoms with E-state index >= 15 is 0 Å². The van der Waals surface area contributed by atoms with Gasteiger partial charge in [-0.25, -0.2) is 0 Å². The van der Waals surface area contributed by atoms with Crippen LogP contribution in [0.3, 0.4) is 0 Å². The van der Waals surface area contributed by atoms with E-state index in [0.29, 0.717) is 13.0 Å². The van der Waals surface area contributed by atoms with Gasteiger partial charge in [0.2, 0.25) is 5.91 Å². The highest BCUT2D eigenvalue weighted by Crippen LogP contribution is 2.26. The Bertz CT molecular complexity index is 404. The Morgan fingerprint density at radius 3 is 2.61 bits per heavy atom. The van der Waals surface area contributed by atoms with Crippen molar-refractivity contribution < 1.29 is 9.90 Å². The highest BCUT2D eigenvalue weighted by atomic mass is 16.3. The molecular weight excluding hydrogens is 226 g/mol. The number of benzene rings is 1.